The Morgan fingerprint density at radius 1 is 0.870 bits per heavy atom. The summed E-state index contributed by atoms with van der Waals surface area (Å²) in [5.74, 6) is -2.21. The summed E-state index contributed by atoms with van der Waals surface area (Å²) in [4.78, 5) is 35.3. The van der Waals surface area contributed by atoms with Crippen molar-refractivity contribution in [1.29, 1.82) is 0 Å². The highest BCUT2D eigenvalue weighted by Crippen LogP contribution is 2.05. The quantitative estimate of drug-likeness (QED) is 0.466. The fraction of sp³-hybridized carbons (Fsp3) is 0.167. The van der Waals surface area contributed by atoms with Gasteiger partial charge in [0, 0.05) is 5.56 Å². The Bertz CT molecular complexity index is 679. The van der Waals surface area contributed by atoms with Crippen LogP contribution in [-0.2, 0) is 14.3 Å². The lowest BCUT2D eigenvalue weighted by atomic mass is 10.1. The Labute approximate surface area is 133 Å². The Hall–Kier alpha value is -2.95. The molecule has 0 N–H and O–H groups in total. The minimum Gasteiger partial charge on any atom is -0.456 e. The monoisotopic (exact) mass is 312 g/mol. The maximum atomic E-state index is 11.8. The number of rotatable bonds is 6. The third-order valence-corrected chi connectivity index (χ3v) is 2.99. The van der Waals surface area contributed by atoms with Gasteiger partial charge in [-0.25, -0.2) is 9.59 Å². The Balaban J connectivity index is 1.82. The largest absolute Gasteiger partial charge is 0.456 e. The van der Waals surface area contributed by atoms with Crippen LogP contribution in [0.1, 0.15) is 27.6 Å². The third kappa shape index (κ3) is 4.78. The Morgan fingerprint density at radius 3 is 1.96 bits per heavy atom. The molecule has 5 nitrogen and oxygen atoms in total. The molecule has 2 rings (SSSR count). The summed E-state index contributed by atoms with van der Waals surface area (Å²) in [7, 11) is 0. The molecule has 1 unspecified atom stereocenters. The molecule has 2 aromatic rings. The van der Waals surface area contributed by atoms with Gasteiger partial charge >= 0.3 is 11.9 Å². The molecule has 0 fully saturated rings. The lowest BCUT2D eigenvalue weighted by Gasteiger charge is -2.13. The van der Waals surface area contributed by atoms with Crippen LogP contribution in [0.25, 0.3) is 0 Å². The van der Waals surface area contributed by atoms with E-state index in [0.717, 1.165) is 0 Å². The molecule has 118 valence electrons. The van der Waals surface area contributed by atoms with Gasteiger partial charge < -0.3 is 9.47 Å². The second-order valence-electron chi connectivity index (χ2n) is 4.88. The van der Waals surface area contributed by atoms with Crippen molar-refractivity contribution < 1.29 is 23.9 Å². The lowest BCUT2D eigenvalue weighted by molar-refractivity contribution is -0.140. The van der Waals surface area contributed by atoms with Crippen molar-refractivity contribution in [3.05, 3.63) is 71.8 Å². The third-order valence-electron chi connectivity index (χ3n) is 2.99. The summed E-state index contributed by atoms with van der Waals surface area (Å²) in [5, 5.41) is 0. The maximum Gasteiger partial charge on any atom is 0.379 e. The van der Waals surface area contributed by atoms with Crippen molar-refractivity contribution >= 4 is 17.7 Å². The molecule has 0 radical (unpaired) electrons. The number of esters is 2. The number of carbonyl (C=O) groups excluding carboxylic acids is 3. The van der Waals surface area contributed by atoms with Gasteiger partial charge in [0.25, 0.3) is 5.78 Å². The van der Waals surface area contributed by atoms with Crippen molar-refractivity contribution in [3.8, 4) is 0 Å². The second kappa shape index (κ2) is 7.89. The first kappa shape index (κ1) is 16.4. The minimum absolute atomic E-state index is 0.185. The normalized spacial score (nSPS) is 11.3. The highest BCUT2D eigenvalue weighted by molar-refractivity contribution is 6.40. The van der Waals surface area contributed by atoms with E-state index in [9.17, 15) is 14.4 Å². The van der Waals surface area contributed by atoms with E-state index in [1.165, 1.54) is 12.1 Å². The van der Waals surface area contributed by atoms with E-state index < -0.39 is 23.8 Å². The Kier molecular flexibility index (Phi) is 5.63. The molecule has 0 spiro atoms. The van der Waals surface area contributed by atoms with Crippen LogP contribution < -0.4 is 0 Å². The molecule has 0 saturated carbocycles. The summed E-state index contributed by atoms with van der Waals surface area (Å²) in [6.45, 7) is 1.40. The molecule has 0 aliphatic heterocycles. The van der Waals surface area contributed by atoms with Crippen LogP contribution in [0.2, 0.25) is 0 Å². The molecule has 1 atom stereocenters. The van der Waals surface area contributed by atoms with Crippen LogP contribution in [0.4, 0.5) is 0 Å². The molecule has 0 bridgehead atoms. The number of carbonyl (C=O) groups is 3. The number of benzene rings is 2. The van der Waals surface area contributed by atoms with Gasteiger partial charge in [-0.3, -0.25) is 4.79 Å². The van der Waals surface area contributed by atoms with Crippen molar-refractivity contribution in [2.75, 3.05) is 6.61 Å². The number of Topliss-reactive ketones (excluding diaryl/α,β-unsaturated/α-hetero) is 1. The van der Waals surface area contributed by atoms with E-state index in [1.807, 2.05) is 0 Å². The standard InChI is InChI=1S/C18H16O5/c1-13(23-17(20)15-10-6-3-7-11-15)12-22-18(21)16(19)14-8-4-2-5-9-14/h2-11,13H,12H2,1H3. The number of hydrogen-bond acceptors (Lipinski definition) is 5. The van der Waals surface area contributed by atoms with E-state index in [-0.39, 0.29) is 12.2 Å². The zero-order valence-corrected chi connectivity index (χ0v) is 12.6. The van der Waals surface area contributed by atoms with Crippen molar-refractivity contribution in [2.45, 2.75) is 13.0 Å². The highest BCUT2D eigenvalue weighted by atomic mass is 16.6. The maximum absolute atomic E-state index is 11.8. The molecular formula is C18H16O5. The first-order chi connectivity index (χ1) is 11.1. The van der Waals surface area contributed by atoms with E-state index >= 15 is 0 Å². The number of hydrogen-bond donors (Lipinski definition) is 0. The van der Waals surface area contributed by atoms with Crippen molar-refractivity contribution in [2.24, 2.45) is 0 Å². The van der Waals surface area contributed by atoms with Gasteiger partial charge in [-0.15, -0.1) is 0 Å². The Morgan fingerprint density at radius 2 is 1.39 bits per heavy atom. The lowest BCUT2D eigenvalue weighted by Crippen LogP contribution is -2.25. The van der Waals surface area contributed by atoms with Crippen molar-refractivity contribution in [1.82, 2.24) is 0 Å². The van der Waals surface area contributed by atoms with Crippen LogP contribution in [0.3, 0.4) is 0 Å². The molecular weight excluding hydrogens is 296 g/mol. The molecule has 0 aliphatic rings. The summed E-state index contributed by atoms with van der Waals surface area (Å²) >= 11 is 0. The minimum atomic E-state index is -0.973. The fourth-order valence-electron chi connectivity index (χ4n) is 1.82. The number of ether oxygens (including phenoxy) is 2. The van der Waals surface area contributed by atoms with Gasteiger partial charge in [0.1, 0.15) is 12.7 Å². The van der Waals surface area contributed by atoms with E-state index in [1.54, 1.807) is 55.5 Å². The van der Waals surface area contributed by atoms with Crippen LogP contribution in [0.5, 0.6) is 0 Å². The van der Waals surface area contributed by atoms with Gasteiger partial charge in [-0.05, 0) is 19.1 Å². The average molecular weight is 312 g/mol. The summed E-state index contributed by atoms with van der Waals surface area (Å²) in [6, 6.07) is 16.6. The molecule has 0 amide bonds. The van der Waals surface area contributed by atoms with Gasteiger partial charge in [0.15, 0.2) is 0 Å². The first-order valence-corrected chi connectivity index (χ1v) is 7.10. The summed E-state index contributed by atoms with van der Waals surface area (Å²) in [6.07, 6.45) is -0.657. The van der Waals surface area contributed by atoms with Gasteiger partial charge in [0.05, 0.1) is 5.56 Å². The molecule has 0 saturated heterocycles. The predicted molar refractivity (Wildman–Crippen MR) is 83.1 cm³/mol. The smallest absolute Gasteiger partial charge is 0.379 e. The van der Waals surface area contributed by atoms with Gasteiger partial charge in [-0.2, -0.15) is 0 Å². The molecule has 5 heteroatoms. The highest BCUT2D eigenvalue weighted by Gasteiger charge is 2.20. The van der Waals surface area contributed by atoms with Gasteiger partial charge in [-0.1, -0.05) is 48.5 Å². The van der Waals surface area contributed by atoms with E-state index in [4.69, 9.17) is 9.47 Å². The topological polar surface area (TPSA) is 69.7 Å². The molecule has 23 heavy (non-hydrogen) atoms. The fourth-order valence-corrected chi connectivity index (χ4v) is 1.82. The van der Waals surface area contributed by atoms with Crippen LogP contribution in [-0.4, -0.2) is 30.4 Å². The van der Waals surface area contributed by atoms with Crippen molar-refractivity contribution in [3.63, 3.8) is 0 Å². The SMILES string of the molecule is CC(COC(=O)C(=O)c1ccccc1)OC(=O)c1ccccc1. The molecule has 0 aromatic heterocycles. The predicted octanol–water partition coefficient (Wildman–Crippen LogP) is 2.66. The average Bonchev–Trinajstić information content (AvgIpc) is 2.60. The molecule has 2 aromatic carbocycles. The zero-order valence-electron chi connectivity index (χ0n) is 12.6. The summed E-state index contributed by atoms with van der Waals surface area (Å²) in [5.41, 5.74) is 0.664. The molecule has 0 aliphatic carbocycles. The number of ketones is 1. The molecule has 0 heterocycles. The van der Waals surface area contributed by atoms with Crippen LogP contribution in [0, 0.1) is 0 Å². The van der Waals surface area contributed by atoms with E-state index in [2.05, 4.69) is 0 Å². The van der Waals surface area contributed by atoms with Gasteiger partial charge in [0.2, 0.25) is 0 Å². The zero-order chi connectivity index (χ0) is 16.7. The van der Waals surface area contributed by atoms with Crippen LogP contribution >= 0.6 is 0 Å². The first-order valence-electron chi connectivity index (χ1n) is 7.10. The summed E-state index contributed by atoms with van der Waals surface area (Å²) < 4.78 is 10.0. The van der Waals surface area contributed by atoms with Crippen LogP contribution in [0.15, 0.2) is 60.7 Å². The van der Waals surface area contributed by atoms with E-state index in [0.29, 0.717) is 5.56 Å². The second-order valence-corrected chi connectivity index (χ2v) is 4.88.